The molecule has 1 aliphatic heterocycles. The summed E-state index contributed by atoms with van der Waals surface area (Å²) >= 11 is 0. The fourth-order valence-electron chi connectivity index (χ4n) is 2.54. The Balaban J connectivity index is 1.96. The number of hydrogen-bond donors (Lipinski definition) is 1. The van der Waals surface area contributed by atoms with Crippen LogP contribution in [0.15, 0.2) is 36.8 Å². The van der Waals surface area contributed by atoms with Crippen LogP contribution in [0.2, 0.25) is 0 Å². The highest BCUT2D eigenvalue weighted by Crippen LogP contribution is 2.35. The second-order valence-corrected chi connectivity index (χ2v) is 4.79. The fourth-order valence-corrected chi connectivity index (χ4v) is 2.54. The van der Waals surface area contributed by atoms with Crippen LogP contribution in [-0.4, -0.2) is 27.7 Å². The highest BCUT2D eigenvalue weighted by Gasteiger charge is 2.33. The van der Waals surface area contributed by atoms with E-state index in [4.69, 9.17) is 0 Å². The van der Waals surface area contributed by atoms with Crippen LogP contribution >= 0.6 is 0 Å². The first-order chi connectivity index (χ1) is 9.65. The third-order valence-corrected chi connectivity index (χ3v) is 3.45. The zero-order chi connectivity index (χ0) is 14.1. The summed E-state index contributed by atoms with van der Waals surface area (Å²) in [5.41, 5.74) is 0.617. The van der Waals surface area contributed by atoms with E-state index in [1.165, 1.54) is 12.1 Å². The van der Waals surface area contributed by atoms with Crippen LogP contribution in [0.5, 0.6) is 0 Å². The van der Waals surface area contributed by atoms with E-state index in [-0.39, 0.29) is 6.04 Å². The minimum Gasteiger partial charge on any atom is -0.391 e. The summed E-state index contributed by atoms with van der Waals surface area (Å²) in [5.74, 6) is -1.15. The molecule has 1 aromatic heterocycles. The molecule has 3 rings (SSSR count). The number of β-amino-alcohol motifs (C(OH)–C–C–N with tert-alkyl or cyclic N) is 1. The van der Waals surface area contributed by atoms with Crippen molar-refractivity contribution in [3.63, 3.8) is 0 Å². The fraction of sp³-hybridized carbons (Fsp3) is 0.286. The van der Waals surface area contributed by atoms with Gasteiger partial charge in [-0.1, -0.05) is 6.07 Å². The lowest BCUT2D eigenvalue weighted by Crippen LogP contribution is -2.25. The Labute approximate surface area is 114 Å². The van der Waals surface area contributed by atoms with Gasteiger partial charge in [-0.05, 0) is 24.1 Å². The minimum absolute atomic E-state index is 0.239. The molecule has 1 fully saturated rings. The number of nitrogens with zero attached hydrogens (tertiary/aromatic N) is 3. The van der Waals surface area contributed by atoms with Crippen molar-refractivity contribution >= 4 is 5.82 Å². The molecule has 0 saturated carbocycles. The van der Waals surface area contributed by atoms with Crippen LogP contribution in [0, 0.1) is 11.6 Å². The first-order valence-corrected chi connectivity index (χ1v) is 6.31. The van der Waals surface area contributed by atoms with Crippen molar-refractivity contribution in [2.24, 2.45) is 0 Å². The van der Waals surface area contributed by atoms with E-state index >= 15 is 0 Å². The molecule has 1 saturated heterocycles. The Kier molecular flexibility index (Phi) is 3.31. The van der Waals surface area contributed by atoms with E-state index in [2.05, 4.69) is 9.97 Å². The van der Waals surface area contributed by atoms with Crippen LogP contribution in [0.3, 0.4) is 0 Å². The molecule has 20 heavy (non-hydrogen) atoms. The number of halogens is 2. The predicted molar refractivity (Wildman–Crippen MR) is 69.1 cm³/mol. The zero-order valence-corrected chi connectivity index (χ0v) is 10.6. The van der Waals surface area contributed by atoms with Crippen molar-refractivity contribution in [3.05, 3.63) is 54.0 Å². The molecule has 1 aliphatic rings. The standard InChI is InChI=1S/C14H13F2N3O/c15-11-2-1-9(5-12(11)16)13-6-10(20)8-19(13)14-7-17-3-4-18-14/h1-5,7,10,13,20H,6,8H2. The van der Waals surface area contributed by atoms with Gasteiger partial charge in [0, 0.05) is 18.9 Å². The van der Waals surface area contributed by atoms with E-state index in [0.717, 1.165) is 6.07 Å². The first kappa shape index (κ1) is 12.9. The van der Waals surface area contributed by atoms with Crippen molar-refractivity contribution in [1.82, 2.24) is 9.97 Å². The van der Waals surface area contributed by atoms with Gasteiger partial charge >= 0.3 is 0 Å². The lowest BCUT2D eigenvalue weighted by molar-refractivity contribution is 0.194. The molecule has 0 bridgehead atoms. The maximum absolute atomic E-state index is 13.4. The maximum Gasteiger partial charge on any atom is 0.159 e. The normalized spacial score (nSPS) is 22.2. The molecular weight excluding hydrogens is 264 g/mol. The van der Waals surface area contributed by atoms with Crippen LogP contribution < -0.4 is 4.90 Å². The smallest absolute Gasteiger partial charge is 0.159 e. The molecule has 1 N–H and O–H groups in total. The molecular formula is C14H13F2N3O. The molecule has 0 spiro atoms. The average molecular weight is 277 g/mol. The molecule has 6 heteroatoms. The van der Waals surface area contributed by atoms with E-state index in [0.29, 0.717) is 24.3 Å². The van der Waals surface area contributed by atoms with E-state index in [1.54, 1.807) is 18.6 Å². The molecule has 2 atom stereocenters. The van der Waals surface area contributed by atoms with Gasteiger partial charge in [0.25, 0.3) is 0 Å². The van der Waals surface area contributed by atoms with Gasteiger partial charge in [-0.25, -0.2) is 13.8 Å². The molecule has 0 amide bonds. The van der Waals surface area contributed by atoms with Gasteiger partial charge in [-0.3, -0.25) is 4.98 Å². The van der Waals surface area contributed by atoms with Crippen LogP contribution in [0.4, 0.5) is 14.6 Å². The Bertz CT molecular complexity index is 609. The highest BCUT2D eigenvalue weighted by molar-refractivity contribution is 5.43. The summed E-state index contributed by atoms with van der Waals surface area (Å²) in [6.45, 7) is 0.391. The number of hydrogen-bond acceptors (Lipinski definition) is 4. The molecule has 104 valence electrons. The van der Waals surface area contributed by atoms with Crippen molar-refractivity contribution in [1.29, 1.82) is 0 Å². The Morgan fingerprint density at radius 2 is 2.05 bits per heavy atom. The summed E-state index contributed by atoms with van der Waals surface area (Å²) in [7, 11) is 0. The number of aliphatic hydroxyl groups is 1. The van der Waals surface area contributed by atoms with Gasteiger partial charge in [0.2, 0.25) is 0 Å². The van der Waals surface area contributed by atoms with Crippen molar-refractivity contribution in [3.8, 4) is 0 Å². The second kappa shape index (κ2) is 5.13. The molecule has 4 nitrogen and oxygen atoms in total. The van der Waals surface area contributed by atoms with Gasteiger partial charge in [-0.2, -0.15) is 0 Å². The second-order valence-electron chi connectivity index (χ2n) is 4.79. The van der Waals surface area contributed by atoms with Gasteiger partial charge in [0.15, 0.2) is 11.6 Å². The molecule has 2 aromatic rings. The molecule has 0 radical (unpaired) electrons. The largest absolute Gasteiger partial charge is 0.391 e. The minimum atomic E-state index is -0.886. The average Bonchev–Trinajstić information content (AvgIpc) is 2.85. The van der Waals surface area contributed by atoms with Crippen LogP contribution in [0.1, 0.15) is 18.0 Å². The summed E-state index contributed by atoms with van der Waals surface area (Å²) in [5, 5.41) is 9.86. The highest BCUT2D eigenvalue weighted by atomic mass is 19.2. The third-order valence-electron chi connectivity index (χ3n) is 3.45. The van der Waals surface area contributed by atoms with Gasteiger partial charge in [0.05, 0.1) is 18.3 Å². The van der Waals surface area contributed by atoms with E-state index in [1.807, 2.05) is 4.90 Å². The SMILES string of the molecule is OC1CC(c2ccc(F)c(F)c2)N(c2cnccn2)C1. The number of benzene rings is 1. The van der Waals surface area contributed by atoms with Crippen molar-refractivity contribution < 1.29 is 13.9 Å². The molecule has 2 heterocycles. The first-order valence-electron chi connectivity index (χ1n) is 6.31. The zero-order valence-electron chi connectivity index (χ0n) is 10.6. The van der Waals surface area contributed by atoms with Crippen LogP contribution in [-0.2, 0) is 0 Å². The quantitative estimate of drug-likeness (QED) is 0.913. The monoisotopic (exact) mass is 277 g/mol. The van der Waals surface area contributed by atoms with Crippen LogP contribution in [0.25, 0.3) is 0 Å². The maximum atomic E-state index is 13.4. The van der Waals surface area contributed by atoms with Crippen molar-refractivity contribution in [2.45, 2.75) is 18.6 Å². The summed E-state index contributed by atoms with van der Waals surface area (Å²) < 4.78 is 26.4. The lowest BCUT2D eigenvalue weighted by Gasteiger charge is -2.25. The predicted octanol–water partition coefficient (Wildman–Crippen LogP) is 2.07. The van der Waals surface area contributed by atoms with Crippen molar-refractivity contribution in [2.75, 3.05) is 11.4 Å². The summed E-state index contributed by atoms with van der Waals surface area (Å²) in [6, 6.07) is 3.56. The summed E-state index contributed by atoms with van der Waals surface area (Å²) in [4.78, 5) is 10.0. The molecule has 0 aliphatic carbocycles. The van der Waals surface area contributed by atoms with Gasteiger partial charge in [0.1, 0.15) is 5.82 Å². The molecule has 1 aromatic carbocycles. The number of aliphatic hydroxyl groups excluding tert-OH is 1. The Morgan fingerprint density at radius 3 is 2.75 bits per heavy atom. The number of aromatic nitrogens is 2. The van der Waals surface area contributed by atoms with E-state index < -0.39 is 17.7 Å². The lowest BCUT2D eigenvalue weighted by atomic mass is 10.0. The van der Waals surface area contributed by atoms with Gasteiger partial charge in [-0.15, -0.1) is 0 Å². The number of rotatable bonds is 2. The van der Waals surface area contributed by atoms with Gasteiger partial charge < -0.3 is 10.0 Å². The van der Waals surface area contributed by atoms with E-state index in [9.17, 15) is 13.9 Å². The Hall–Kier alpha value is -2.08. The molecule has 2 unspecified atom stereocenters. The summed E-state index contributed by atoms with van der Waals surface area (Å²) in [6.07, 6.45) is 4.62. The topological polar surface area (TPSA) is 49.2 Å². The third kappa shape index (κ3) is 2.34. The number of anilines is 1. The Morgan fingerprint density at radius 1 is 1.20 bits per heavy atom.